The zero-order valence-corrected chi connectivity index (χ0v) is 13.1. The second kappa shape index (κ2) is 9.17. The Kier molecular flexibility index (Phi) is 6.61. The summed E-state index contributed by atoms with van der Waals surface area (Å²) in [7, 11) is 0. The Morgan fingerprint density at radius 2 is 1.75 bits per heavy atom. The quantitative estimate of drug-likeness (QED) is 0.356. The summed E-state index contributed by atoms with van der Waals surface area (Å²) in [5, 5.41) is 8.40. The summed E-state index contributed by atoms with van der Waals surface area (Å²) < 4.78 is 0. The number of aryl methyl sites for hydroxylation is 1. The van der Waals surface area contributed by atoms with E-state index in [2.05, 4.69) is 4.99 Å². The van der Waals surface area contributed by atoms with Gasteiger partial charge in [-0.1, -0.05) is 42.5 Å². The van der Waals surface area contributed by atoms with Gasteiger partial charge in [-0.2, -0.15) is 0 Å². The number of Topliss-reactive ketones (excluding diaryl/α,β-unsaturated/α-hetero) is 1. The van der Waals surface area contributed by atoms with Crippen molar-refractivity contribution in [3.63, 3.8) is 0 Å². The molecule has 122 valence electrons. The fourth-order valence-electron chi connectivity index (χ4n) is 2.00. The maximum absolute atomic E-state index is 11.8. The Morgan fingerprint density at radius 1 is 1.04 bits per heavy atom. The number of carbonyl (C=O) groups is 2. The van der Waals surface area contributed by atoms with Crippen molar-refractivity contribution < 1.29 is 14.8 Å². The molecule has 2 N–H and O–H groups in total. The summed E-state index contributed by atoms with van der Waals surface area (Å²) in [6.07, 6.45) is 5.20. The fourth-order valence-corrected chi connectivity index (χ4v) is 2.00. The average molecular weight is 322 g/mol. The highest BCUT2D eigenvalue weighted by atomic mass is 16.5. The molecule has 2 rings (SSSR count). The molecule has 0 spiro atoms. The van der Waals surface area contributed by atoms with E-state index < -0.39 is 5.91 Å². The molecule has 2 aromatic carbocycles. The van der Waals surface area contributed by atoms with E-state index in [0.717, 1.165) is 16.8 Å². The van der Waals surface area contributed by atoms with E-state index in [1.807, 2.05) is 54.6 Å². The van der Waals surface area contributed by atoms with Crippen molar-refractivity contribution in [3.05, 3.63) is 71.8 Å². The van der Waals surface area contributed by atoms with Crippen LogP contribution in [0, 0.1) is 0 Å². The van der Waals surface area contributed by atoms with Crippen LogP contribution in [-0.4, -0.2) is 23.1 Å². The van der Waals surface area contributed by atoms with Gasteiger partial charge in [0.2, 0.25) is 0 Å². The van der Waals surface area contributed by atoms with Gasteiger partial charge >= 0.3 is 0 Å². The van der Waals surface area contributed by atoms with Gasteiger partial charge in [0.1, 0.15) is 0 Å². The molecule has 0 aliphatic heterocycles. The molecule has 0 heterocycles. The van der Waals surface area contributed by atoms with Crippen LogP contribution in [0.2, 0.25) is 0 Å². The van der Waals surface area contributed by atoms with Crippen LogP contribution in [0.1, 0.15) is 17.5 Å². The van der Waals surface area contributed by atoms with Gasteiger partial charge in [-0.05, 0) is 35.8 Å². The van der Waals surface area contributed by atoms with Crippen LogP contribution < -0.4 is 5.48 Å². The summed E-state index contributed by atoms with van der Waals surface area (Å²) in [4.78, 5) is 26.9. The lowest BCUT2D eigenvalue weighted by molar-refractivity contribution is -0.124. The first-order chi connectivity index (χ1) is 11.7. The van der Waals surface area contributed by atoms with Gasteiger partial charge in [-0.25, -0.2) is 5.48 Å². The van der Waals surface area contributed by atoms with E-state index in [1.54, 1.807) is 6.08 Å². The second-order valence-electron chi connectivity index (χ2n) is 5.11. The summed E-state index contributed by atoms with van der Waals surface area (Å²) >= 11 is 0. The molecule has 0 atom stereocenters. The number of para-hydroxylation sites is 1. The third-order valence-electron chi connectivity index (χ3n) is 3.29. The van der Waals surface area contributed by atoms with Crippen LogP contribution in [0.25, 0.3) is 6.08 Å². The van der Waals surface area contributed by atoms with Crippen LogP contribution in [0.3, 0.4) is 0 Å². The number of benzene rings is 2. The number of hydrogen-bond acceptors (Lipinski definition) is 4. The molecular formula is C19H18N2O3. The zero-order chi connectivity index (χ0) is 17.2. The molecule has 0 bridgehead atoms. The predicted molar refractivity (Wildman–Crippen MR) is 93.3 cm³/mol. The van der Waals surface area contributed by atoms with Crippen LogP contribution >= 0.6 is 0 Å². The normalized spacial score (nSPS) is 11.0. The van der Waals surface area contributed by atoms with Gasteiger partial charge in [0.25, 0.3) is 5.91 Å². The molecular weight excluding hydrogens is 304 g/mol. The molecule has 5 heteroatoms. The Morgan fingerprint density at radius 3 is 2.42 bits per heavy atom. The second-order valence-corrected chi connectivity index (χ2v) is 5.11. The van der Waals surface area contributed by atoms with Crippen molar-refractivity contribution in [2.24, 2.45) is 4.99 Å². The number of nitrogens with zero attached hydrogens (tertiary/aromatic N) is 1. The number of hydroxylamine groups is 1. The number of nitrogens with one attached hydrogen (secondary N) is 1. The lowest BCUT2D eigenvalue weighted by Gasteiger charge is -2.00. The molecule has 0 saturated carbocycles. The van der Waals surface area contributed by atoms with Crippen LogP contribution in [0.15, 0.2) is 65.7 Å². The number of ketones is 1. The van der Waals surface area contributed by atoms with Gasteiger partial charge in [0.05, 0.1) is 11.9 Å². The minimum atomic E-state index is -0.581. The van der Waals surface area contributed by atoms with Gasteiger partial charge in [-0.15, -0.1) is 0 Å². The van der Waals surface area contributed by atoms with Crippen LogP contribution in [-0.2, 0) is 16.0 Å². The molecule has 5 nitrogen and oxygen atoms in total. The first-order valence-electron chi connectivity index (χ1n) is 7.50. The number of hydrogen-bond donors (Lipinski definition) is 2. The standard InChI is InChI=1S/C19H18N2O3/c22-18(14-20-17-4-2-1-3-5-17)12-10-15-6-8-16(9-7-15)11-13-19(23)21-24/h1-9,11,13-14,24H,10,12H2,(H,21,23). The molecule has 0 saturated heterocycles. The SMILES string of the molecule is O=C(C=Nc1ccccc1)CCc1ccc(C=CC(=O)NO)cc1. The largest absolute Gasteiger partial charge is 0.293 e. The number of rotatable bonds is 7. The van der Waals surface area contributed by atoms with Gasteiger partial charge in [0, 0.05) is 12.5 Å². The molecule has 2 aromatic rings. The Bertz CT molecular complexity index is 735. The fraction of sp³-hybridized carbons (Fsp3) is 0.105. The Hall–Kier alpha value is -3.05. The van der Waals surface area contributed by atoms with Crippen molar-refractivity contribution in [3.8, 4) is 0 Å². The van der Waals surface area contributed by atoms with Gasteiger partial charge in [-0.3, -0.25) is 19.8 Å². The maximum atomic E-state index is 11.8. The van der Waals surface area contributed by atoms with E-state index in [9.17, 15) is 9.59 Å². The molecule has 1 amide bonds. The minimum absolute atomic E-state index is 0.0255. The first-order valence-corrected chi connectivity index (χ1v) is 7.50. The summed E-state index contributed by atoms with van der Waals surface area (Å²) in [5.74, 6) is -0.607. The van der Waals surface area contributed by atoms with Crippen molar-refractivity contribution in [1.29, 1.82) is 0 Å². The van der Waals surface area contributed by atoms with Crippen LogP contribution in [0.4, 0.5) is 5.69 Å². The topological polar surface area (TPSA) is 78.8 Å². The third-order valence-corrected chi connectivity index (χ3v) is 3.29. The highest BCUT2D eigenvalue weighted by Crippen LogP contribution is 2.10. The minimum Gasteiger partial charge on any atom is -0.293 e. The Labute approximate surface area is 140 Å². The summed E-state index contributed by atoms with van der Waals surface area (Å²) in [6, 6.07) is 16.8. The number of carbonyl (C=O) groups excluding carboxylic acids is 2. The third kappa shape index (κ3) is 5.98. The lowest BCUT2D eigenvalue weighted by atomic mass is 10.1. The predicted octanol–water partition coefficient (Wildman–Crippen LogP) is 3.11. The molecule has 0 unspecified atom stereocenters. The van der Waals surface area contributed by atoms with Crippen molar-refractivity contribution >= 4 is 29.7 Å². The highest BCUT2D eigenvalue weighted by Gasteiger charge is 2.00. The van der Waals surface area contributed by atoms with E-state index >= 15 is 0 Å². The highest BCUT2D eigenvalue weighted by molar-refractivity contribution is 6.28. The maximum Gasteiger partial charge on any atom is 0.267 e. The van der Waals surface area contributed by atoms with Gasteiger partial charge in [0.15, 0.2) is 5.78 Å². The van der Waals surface area contributed by atoms with E-state index in [-0.39, 0.29) is 5.78 Å². The zero-order valence-electron chi connectivity index (χ0n) is 13.1. The molecule has 0 aromatic heterocycles. The van der Waals surface area contributed by atoms with E-state index in [1.165, 1.54) is 17.8 Å². The smallest absolute Gasteiger partial charge is 0.267 e. The summed E-state index contributed by atoms with van der Waals surface area (Å²) in [6.45, 7) is 0. The van der Waals surface area contributed by atoms with E-state index in [0.29, 0.717) is 12.8 Å². The molecule has 0 aliphatic carbocycles. The Balaban J connectivity index is 1.83. The molecule has 0 aliphatic rings. The van der Waals surface area contributed by atoms with Crippen LogP contribution in [0.5, 0.6) is 0 Å². The molecule has 0 radical (unpaired) electrons. The lowest BCUT2D eigenvalue weighted by Crippen LogP contribution is -2.14. The van der Waals surface area contributed by atoms with Crippen molar-refractivity contribution in [2.75, 3.05) is 0 Å². The molecule has 24 heavy (non-hydrogen) atoms. The van der Waals surface area contributed by atoms with E-state index in [4.69, 9.17) is 5.21 Å². The summed E-state index contributed by atoms with van der Waals surface area (Å²) in [5.41, 5.74) is 4.15. The first kappa shape index (κ1) is 17.3. The number of amides is 1. The number of aliphatic imine (C=N–C) groups is 1. The molecule has 0 fully saturated rings. The van der Waals surface area contributed by atoms with Gasteiger partial charge < -0.3 is 0 Å². The monoisotopic (exact) mass is 322 g/mol. The van der Waals surface area contributed by atoms with Crippen molar-refractivity contribution in [1.82, 2.24) is 5.48 Å². The van der Waals surface area contributed by atoms with Crippen molar-refractivity contribution in [2.45, 2.75) is 12.8 Å². The average Bonchev–Trinajstić information content (AvgIpc) is 2.64.